The SMILES string of the molecule is CCCCCCCC(O)c1ccc(O)c(O)c1. The van der Waals surface area contributed by atoms with E-state index in [9.17, 15) is 10.2 Å². The third kappa shape index (κ3) is 4.65. The van der Waals surface area contributed by atoms with Crippen molar-refractivity contribution >= 4 is 0 Å². The predicted octanol–water partition coefficient (Wildman–Crippen LogP) is 3.49. The van der Waals surface area contributed by atoms with Gasteiger partial charge in [-0.3, -0.25) is 0 Å². The molecule has 0 aliphatic heterocycles. The summed E-state index contributed by atoms with van der Waals surface area (Å²) in [5, 5.41) is 28.4. The van der Waals surface area contributed by atoms with Crippen LogP contribution in [0.2, 0.25) is 0 Å². The Morgan fingerprint density at radius 2 is 1.71 bits per heavy atom. The minimum Gasteiger partial charge on any atom is -0.504 e. The summed E-state index contributed by atoms with van der Waals surface area (Å²) in [4.78, 5) is 0. The molecule has 0 aromatic heterocycles. The van der Waals surface area contributed by atoms with Crippen molar-refractivity contribution in [2.24, 2.45) is 0 Å². The zero-order valence-corrected chi connectivity index (χ0v) is 10.4. The van der Waals surface area contributed by atoms with Gasteiger partial charge < -0.3 is 15.3 Å². The summed E-state index contributed by atoms with van der Waals surface area (Å²) >= 11 is 0. The molecule has 0 radical (unpaired) electrons. The molecule has 1 unspecified atom stereocenters. The van der Waals surface area contributed by atoms with Gasteiger partial charge in [0.15, 0.2) is 11.5 Å². The Morgan fingerprint density at radius 3 is 2.35 bits per heavy atom. The minimum absolute atomic E-state index is 0.149. The Kier molecular flexibility index (Phi) is 5.84. The van der Waals surface area contributed by atoms with Gasteiger partial charge in [0.25, 0.3) is 0 Å². The van der Waals surface area contributed by atoms with Gasteiger partial charge in [-0.05, 0) is 24.1 Å². The van der Waals surface area contributed by atoms with E-state index in [-0.39, 0.29) is 11.5 Å². The van der Waals surface area contributed by atoms with Crippen LogP contribution in [0.25, 0.3) is 0 Å². The first-order chi connectivity index (χ1) is 8.15. The Hall–Kier alpha value is -1.22. The number of aliphatic hydroxyl groups is 1. The van der Waals surface area contributed by atoms with Crippen molar-refractivity contribution < 1.29 is 15.3 Å². The molecule has 3 N–H and O–H groups in total. The number of aliphatic hydroxyl groups excluding tert-OH is 1. The second kappa shape index (κ2) is 7.17. The molecule has 17 heavy (non-hydrogen) atoms. The number of aromatic hydroxyl groups is 2. The van der Waals surface area contributed by atoms with Crippen LogP contribution in [-0.2, 0) is 0 Å². The Morgan fingerprint density at radius 1 is 1.00 bits per heavy atom. The second-order valence-corrected chi connectivity index (χ2v) is 4.47. The van der Waals surface area contributed by atoms with Crippen LogP contribution in [0.5, 0.6) is 11.5 Å². The second-order valence-electron chi connectivity index (χ2n) is 4.47. The summed E-state index contributed by atoms with van der Waals surface area (Å²) in [6, 6.07) is 4.47. The molecular weight excluding hydrogens is 216 g/mol. The van der Waals surface area contributed by atoms with Gasteiger partial charge in [0, 0.05) is 0 Å². The summed E-state index contributed by atoms with van der Waals surface area (Å²) in [7, 11) is 0. The fourth-order valence-electron chi connectivity index (χ4n) is 1.86. The van der Waals surface area contributed by atoms with Gasteiger partial charge in [-0.1, -0.05) is 45.1 Å². The summed E-state index contributed by atoms with van der Waals surface area (Å²) in [5.74, 6) is -0.323. The summed E-state index contributed by atoms with van der Waals surface area (Å²) < 4.78 is 0. The largest absolute Gasteiger partial charge is 0.504 e. The van der Waals surface area contributed by atoms with Crippen molar-refractivity contribution in [3.05, 3.63) is 23.8 Å². The van der Waals surface area contributed by atoms with E-state index < -0.39 is 6.10 Å². The van der Waals surface area contributed by atoms with E-state index in [1.54, 1.807) is 6.07 Å². The third-order valence-corrected chi connectivity index (χ3v) is 2.97. The Bertz CT molecular complexity index is 336. The molecule has 0 bridgehead atoms. The monoisotopic (exact) mass is 238 g/mol. The van der Waals surface area contributed by atoms with Gasteiger partial charge in [0.2, 0.25) is 0 Å². The predicted molar refractivity (Wildman–Crippen MR) is 68.1 cm³/mol. The standard InChI is InChI=1S/C14H22O3/c1-2-3-4-5-6-7-12(15)11-8-9-13(16)14(17)10-11/h8-10,12,15-17H,2-7H2,1H3. The molecule has 0 heterocycles. The number of phenolic OH excluding ortho intramolecular Hbond substituents is 2. The average Bonchev–Trinajstić information content (AvgIpc) is 2.32. The molecule has 3 heteroatoms. The van der Waals surface area contributed by atoms with Crippen LogP contribution in [0.15, 0.2) is 18.2 Å². The van der Waals surface area contributed by atoms with Gasteiger partial charge in [-0.2, -0.15) is 0 Å². The van der Waals surface area contributed by atoms with Crippen LogP contribution >= 0.6 is 0 Å². The average molecular weight is 238 g/mol. The molecule has 0 amide bonds. The normalized spacial score (nSPS) is 12.6. The van der Waals surface area contributed by atoms with Crippen LogP contribution in [0.1, 0.15) is 57.1 Å². The van der Waals surface area contributed by atoms with Crippen molar-refractivity contribution in [2.75, 3.05) is 0 Å². The van der Waals surface area contributed by atoms with Crippen molar-refractivity contribution in [1.29, 1.82) is 0 Å². The highest BCUT2D eigenvalue weighted by molar-refractivity contribution is 5.41. The highest BCUT2D eigenvalue weighted by Gasteiger charge is 2.09. The molecule has 0 fully saturated rings. The fourth-order valence-corrected chi connectivity index (χ4v) is 1.86. The van der Waals surface area contributed by atoms with Gasteiger partial charge >= 0.3 is 0 Å². The van der Waals surface area contributed by atoms with E-state index in [0.29, 0.717) is 12.0 Å². The number of hydrogen-bond donors (Lipinski definition) is 3. The van der Waals surface area contributed by atoms with E-state index in [0.717, 1.165) is 12.8 Å². The molecule has 1 aromatic rings. The lowest BCUT2D eigenvalue weighted by atomic mass is 10.0. The zero-order chi connectivity index (χ0) is 12.7. The number of phenols is 2. The molecule has 96 valence electrons. The molecule has 0 saturated carbocycles. The number of rotatable bonds is 7. The zero-order valence-electron chi connectivity index (χ0n) is 10.4. The first kappa shape index (κ1) is 13.8. The van der Waals surface area contributed by atoms with Crippen molar-refractivity contribution in [1.82, 2.24) is 0 Å². The number of benzene rings is 1. The molecule has 3 nitrogen and oxygen atoms in total. The van der Waals surface area contributed by atoms with Crippen LogP contribution in [0.4, 0.5) is 0 Å². The number of hydrogen-bond acceptors (Lipinski definition) is 3. The Labute approximate surface area is 103 Å². The lowest BCUT2D eigenvalue weighted by Crippen LogP contribution is -1.97. The smallest absolute Gasteiger partial charge is 0.157 e. The van der Waals surface area contributed by atoms with E-state index in [1.807, 2.05) is 0 Å². The maximum atomic E-state index is 9.90. The fraction of sp³-hybridized carbons (Fsp3) is 0.571. The third-order valence-electron chi connectivity index (χ3n) is 2.97. The highest BCUT2D eigenvalue weighted by atomic mass is 16.3. The molecule has 0 aliphatic rings. The van der Waals surface area contributed by atoms with E-state index >= 15 is 0 Å². The minimum atomic E-state index is -0.553. The van der Waals surface area contributed by atoms with E-state index in [2.05, 4.69) is 6.92 Å². The maximum Gasteiger partial charge on any atom is 0.157 e. The van der Waals surface area contributed by atoms with Gasteiger partial charge in [0.1, 0.15) is 0 Å². The molecule has 0 spiro atoms. The van der Waals surface area contributed by atoms with Gasteiger partial charge in [-0.25, -0.2) is 0 Å². The lowest BCUT2D eigenvalue weighted by Gasteiger charge is -2.11. The molecular formula is C14H22O3. The lowest BCUT2D eigenvalue weighted by molar-refractivity contribution is 0.163. The maximum absolute atomic E-state index is 9.90. The van der Waals surface area contributed by atoms with Gasteiger partial charge in [0.05, 0.1) is 6.10 Å². The van der Waals surface area contributed by atoms with E-state index in [1.165, 1.54) is 31.4 Å². The Balaban J connectivity index is 2.36. The van der Waals surface area contributed by atoms with Gasteiger partial charge in [-0.15, -0.1) is 0 Å². The van der Waals surface area contributed by atoms with Crippen LogP contribution in [-0.4, -0.2) is 15.3 Å². The molecule has 1 aromatic carbocycles. The van der Waals surface area contributed by atoms with Crippen LogP contribution in [0.3, 0.4) is 0 Å². The summed E-state index contributed by atoms with van der Waals surface area (Å²) in [6.07, 6.45) is 5.95. The summed E-state index contributed by atoms with van der Waals surface area (Å²) in [5.41, 5.74) is 0.663. The quantitative estimate of drug-likeness (QED) is 0.503. The molecule has 1 atom stereocenters. The van der Waals surface area contributed by atoms with Crippen molar-refractivity contribution in [2.45, 2.75) is 51.6 Å². The topological polar surface area (TPSA) is 60.7 Å². The first-order valence-corrected chi connectivity index (χ1v) is 6.35. The van der Waals surface area contributed by atoms with Crippen LogP contribution < -0.4 is 0 Å². The van der Waals surface area contributed by atoms with Crippen molar-refractivity contribution in [3.8, 4) is 11.5 Å². The van der Waals surface area contributed by atoms with E-state index in [4.69, 9.17) is 5.11 Å². The first-order valence-electron chi connectivity index (χ1n) is 6.35. The highest BCUT2D eigenvalue weighted by Crippen LogP contribution is 2.29. The number of unbranched alkanes of at least 4 members (excludes halogenated alkanes) is 4. The van der Waals surface area contributed by atoms with Crippen molar-refractivity contribution in [3.63, 3.8) is 0 Å². The van der Waals surface area contributed by atoms with Crippen LogP contribution in [0, 0.1) is 0 Å². The molecule has 1 rings (SSSR count). The molecule has 0 saturated heterocycles. The molecule has 0 aliphatic carbocycles. The summed E-state index contributed by atoms with van der Waals surface area (Å²) in [6.45, 7) is 2.17.